The van der Waals surface area contributed by atoms with Gasteiger partial charge in [0.15, 0.2) is 0 Å². The lowest BCUT2D eigenvalue weighted by molar-refractivity contribution is -0.122. The standard InChI is InChI=1S/C17H23N5O.2ClH/c1-17(18)8-3-2-7-15(17)16(23)21-14-6-4-5-13(9-14)10-22-12-19-11-20-22;;/h4-6,9,11-12,15H,2-3,7-8,10,18H2,1H3,(H,21,23);2*1H. The summed E-state index contributed by atoms with van der Waals surface area (Å²) < 4.78 is 1.75. The number of halogens is 2. The number of hydrogen-bond acceptors (Lipinski definition) is 4. The van der Waals surface area contributed by atoms with Crippen molar-refractivity contribution in [1.82, 2.24) is 14.8 Å². The molecule has 1 heterocycles. The van der Waals surface area contributed by atoms with E-state index in [1.165, 1.54) is 6.33 Å². The Kier molecular flexibility index (Phi) is 7.86. The second kappa shape index (κ2) is 9.17. The van der Waals surface area contributed by atoms with E-state index in [4.69, 9.17) is 5.73 Å². The van der Waals surface area contributed by atoms with E-state index in [-0.39, 0.29) is 36.6 Å². The molecule has 1 aromatic heterocycles. The van der Waals surface area contributed by atoms with E-state index in [9.17, 15) is 4.79 Å². The van der Waals surface area contributed by atoms with Crippen molar-refractivity contribution >= 4 is 36.4 Å². The summed E-state index contributed by atoms with van der Waals surface area (Å²) in [6.07, 6.45) is 7.11. The summed E-state index contributed by atoms with van der Waals surface area (Å²) in [7, 11) is 0. The third kappa shape index (κ3) is 5.42. The molecule has 0 spiro atoms. The third-order valence-electron chi connectivity index (χ3n) is 4.58. The van der Waals surface area contributed by atoms with Crippen LogP contribution in [0.25, 0.3) is 0 Å². The zero-order chi connectivity index (χ0) is 16.3. The zero-order valence-electron chi connectivity index (χ0n) is 14.2. The molecule has 1 aromatic carbocycles. The largest absolute Gasteiger partial charge is 0.326 e. The first-order chi connectivity index (χ1) is 11.0. The Balaban J connectivity index is 0.00000156. The molecule has 0 radical (unpaired) electrons. The number of nitrogens with one attached hydrogen (secondary N) is 1. The smallest absolute Gasteiger partial charge is 0.229 e. The molecule has 0 aliphatic heterocycles. The number of aromatic nitrogens is 3. The third-order valence-corrected chi connectivity index (χ3v) is 4.58. The number of anilines is 1. The van der Waals surface area contributed by atoms with Gasteiger partial charge in [0, 0.05) is 11.2 Å². The van der Waals surface area contributed by atoms with Gasteiger partial charge in [0.1, 0.15) is 12.7 Å². The Hall–Kier alpha value is -1.63. The molecule has 8 heteroatoms. The zero-order valence-corrected chi connectivity index (χ0v) is 15.9. The Morgan fingerprint density at radius 1 is 1.40 bits per heavy atom. The maximum absolute atomic E-state index is 12.6. The number of carbonyl (C=O) groups is 1. The minimum absolute atomic E-state index is 0. The molecule has 1 aliphatic rings. The number of amides is 1. The second-order valence-corrected chi connectivity index (χ2v) is 6.59. The molecule has 1 aliphatic carbocycles. The minimum Gasteiger partial charge on any atom is -0.326 e. The van der Waals surface area contributed by atoms with Gasteiger partial charge in [-0.15, -0.1) is 24.8 Å². The highest BCUT2D eigenvalue weighted by molar-refractivity contribution is 5.93. The van der Waals surface area contributed by atoms with Crippen LogP contribution in [0.4, 0.5) is 5.69 Å². The molecule has 0 saturated heterocycles. The summed E-state index contributed by atoms with van der Waals surface area (Å²) in [6, 6.07) is 7.81. The van der Waals surface area contributed by atoms with Gasteiger partial charge in [-0.05, 0) is 37.5 Å². The van der Waals surface area contributed by atoms with Crippen LogP contribution in [0.2, 0.25) is 0 Å². The fourth-order valence-electron chi connectivity index (χ4n) is 3.27. The molecule has 0 bridgehead atoms. The van der Waals surface area contributed by atoms with Gasteiger partial charge in [0.05, 0.1) is 12.5 Å². The second-order valence-electron chi connectivity index (χ2n) is 6.59. The average molecular weight is 386 g/mol. The van der Waals surface area contributed by atoms with E-state index in [2.05, 4.69) is 15.4 Å². The van der Waals surface area contributed by atoms with Crippen molar-refractivity contribution in [1.29, 1.82) is 0 Å². The summed E-state index contributed by atoms with van der Waals surface area (Å²) in [6.45, 7) is 2.61. The number of benzene rings is 1. The maximum Gasteiger partial charge on any atom is 0.229 e. The number of nitrogens with two attached hydrogens (primary N) is 1. The molecule has 2 unspecified atom stereocenters. The first-order valence-corrected chi connectivity index (χ1v) is 8.06. The Labute approximate surface area is 160 Å². The number of carbonyl (C=O) groups excluding carboxylic acids is 1. The van der Waals surface area contributed by atoms with Gasteiger partial charge in [-0.2, -0.15) is 5.10 Å². The van der Waals surface area contributed by atoms with Crippen LogP contribution < -0.4 is 11.1 Å². The Morgan fingerprint density at radius 2 is 2.20 bits per heavy atom. The van der Waals surface area contributed by atoms with Crippen LogP contribution in [0.3, 0.4) is 0 Å². The lowest BCUT2D eigenvalue weighted by Crippen LogP contribution is -2.51. The molecular weight excluding hydrogens is 361 g/mol. The predicted molar refractivity (Wildman–Crippen MR) is 103 cm³/mol. The van der Waals surface area contributed by atoms with Crippen molar-refractivity contribution in [3.05, 3.63) is 42.5 Å². The van der Waals surface area contributed by atoms with Gasteiger partial charge in [0.25, 0.3) is 0 Å². The SMILES string of the molecule is CC1(N)CCCCC1C(=O)Nc1cccc(Cn2cncn2)c1.Cl.Cl. The van der Waals surface area contributed by atoms with Crippen LogP contribution in [-0.4, -0.2) is 26.2 Å². The molecule has 1 fully saturated rings. The van der Waals surface area contributed by atoms with E-state index in [1.807, 2.05) is 31.2 Å². The van der Waals surface area contributed by atoms with Crippen LogP contribution >= 0.6 is 24.8 Å². The van der Waals surface area contributed by atoms with E-state index in [0.717, 1.165) is 36.9 Å². The molecule has 1 amide bonds. The van der Waals surface area contributed by atoms with Gasteiger partial charge < -0.3 is 11.1 Å². The summed E-state index contributed by atoms with van der Waals surface area (Å²) in [5.74, 6) is -0.108. The van der Waals surface area contributed by atoms with Gasteiger partial charge in [0.2, 0.25) is 5.91 Å². The molecule has 25 heavy (non-hydrogen) atoms. The summed E-state index contributed by atoms with van der Waals surface area (Å²) >= 11 is 0. The molecule has 3 rings (SSSR count). The Morgan fingerprint density at radius 3 is 2.88 bits per heavy atom. The van der Waals surface area contributed by atoms with E-state index in [1.54, 1.807) is 11.0 Å². The lowest BCUT2D eigenvalue weighted by Gasteiger charge is -2.37. The molecule has 2 atom stereocenters. The first kappa shape index (κ1) is 21.4. The topological polar surface area (TPSA) is 85.8 Å². The van der Waals surface area contributed by atoms with Crippen molar-refractivity contribution in [2.45, 2.75) is 44.7 Å². The van der Waals surface area contributed by atoms with Crippen molar-refractivity contribution in [2.75, 3.05) is 5.32 Å². The highest BCUT2D eigenvalue weighted by Crippen LogP contribution is 2.32. The van der Waals surface area contributed by atoms with Crippen molar-refractivity contribution < 1.29 is 4.79 Å². The van der Waals surface area contributed by atoms with Crippen LogP contribution in [0.15, 0.2) is 36.9 Å². The normalized spacial score (nSPS) is 22.4. The van der Waals surface area contributed by atoms with Crippen LogP contribution in [0, 0.1) is 5.92 Å². The Bertz CT molecular complexity index is 675. The van der Waals surface area contributed by atoms with Crippen LogP contribution in [-0.2, 0) is 11.3 Å². The van der Waals surface area contributed by atoms with E-state index >= 15 is 0 Å². The highest BCUT2D eigenvalue weighted by Gasteiger charge is 2.37. The van der Waals surface area contributed by atoms with Crippen molar-refractivity contribution in [3.8, 4) is 0 Å². The first-order valence-electron chi connectivity index (χ1n) is 8.06. The number of rotatable bonds is 4. The molecule has 138 valence electrons. The minimum atomic E-state index is -0.416. The molecule has 2 aromatic rings. The van der Waals surface area contributed by atoms with Gasteiger partial charge in [-0.25, -0.2) is 9.67 Å². The summed E-state index contributed by atoms with van der Waals surface area (Å²) in [5, 5.41) is 7.12. The average Bonchev–Trinajstić information content (AvgIpc) is 3.00. The molecular formula is C17H25Cl2N5O. The number of nitrogens with zero attached hydrogens (tertiary/aromatic N) is 3. The molecule has 3 N–H and O–H groups in total. The van der Waals surface area contributed by atoms with Crippen LogP contribution in [0.1, 0.15) is 38.2 Å². The predicted octanol–water partition coefficient (Wildman–Crippen LogP) is 3.02. The molecule has 6 nitrogen and oxygen atoms in total. The van der Waals surface area contributed by atoms with Gasteiger partial charge in [-0.1, -0.05) is 25.0 Å². The fourth-order valence-corrected chi connectivity index (χ4v) is 3.27. The summed E-state index contributed by atoms with van der Waals surface area (Å²) in [5.41, 5.74) is 7.76. The van der Waals surface area contributed by atoms with E-state index in [0.29, 0.717) is 6.54 Å². The highest BCUT2D eigenvalue weighted by atomic mass is 35.5. The van der Waals surface area contributed by atoms with Crippen LogP contribution in [0.5, 0.6) is 0 Å². The quantitative estimate of drug-likeness (QED) is 0.846. The van der Waals surface area contributed by atoms with E-state index < -0.39 is 5.54 Å². The van der Waals surface area contributed by atoms with Gasteiger partial charge in [-0.3, -0.25) is 4.79 Å². The number of hydrogen-bond donors (Lipinski definition) is 2. The van der Waals surface area contributed by atoms with Gasteiger partial charge >= 0.3 is 0 Å². The fraction of sp³-hybridized carbons (Fsp3) is 0.471. The lowest BCUT2D eigenvalue weighted by atomic mass is 9.74. The summed E-state index contributed by atoms with van der Waals surface area (Å²) in [4.78, 5) is 16.5. The maximum atomic E-state index is 12.6. The van der Waals surface area contributed by atoms with Crippen molar-refractivity contribution in [2.24, 2.45) is 11.7 Å². The molecule has 1 saturated carbocycles. The monoisotopic (exact) mass is 385 g/mol. The van der Waals surface area contributed by atoms with Crippen molar-refractivity contribution in [3.63, 3.8) is 0 Å².